The first-order valence-electron chi connectivity index (χ1n) is 10.5. The Bertz CT molecular complexity index is 1110. The zero-order chi connectivity index (χ0) is 22.5. The van der Waals surface area contributed by atoms with Gasteiger partial charge in [-0.2, -0.15) is 0 Å². The van der Waals surface area contributed by atoms with E-state index in [4.69, 9.17) is 5.73 Å². The van der Waals surface area contributed by atoms with Gasteiger partial charge in [0.1, 0.15) is 17.3 Å². The number of nitrogen functional groups attached to an aromatic ring is 1. The van der Waals surface area contributed by atoms with Gasteiger partial charge in [0.2, 0.25) is 0 Å². The summed E-state index contributed by atoms with van der Waals surface area (Å²) in [6.45, 7) is 1.27. The second-order valence-electron chi connectivity index (χ2n) is 7.72. The molecule has 1 aromatic carbocycles. The topological polar surface area (TPSA) is 101 Å². The van der Waals surface area contributed by atoms with Crippen LogP contribution in [0, 0.1) is 5.82 Å². The summed E-state index contributed by atoms with van der Waals surface area (Å²) in [7, 11) is 0. The summed E-state index contributed by atoms with van der Waals surface area (Å²) in [5, 5.41) is 2.68. The van der Waals surface area contributed by atoms with Gasteiger partial charge in [0.25, 0.3) is 11.8 Å². The largest absolute Gasteiger partial charge is 0.383 e. The molecule has 2 aromatic heterocycles. The van der Waals surface area contributed by atoms with Gasteiger partial charge in [0.05, 0.1) is 5.56 Å². The highest BCUT2D eigenvalue weighted by atomic mass is 19.1. The van der Waals surface area contributed by atoms with Crippen LogP contribution in [0.3, 0.4) is 0 Å². The van der Waals surface area contributed by atoms with Crippen LogP contribution in [0.1, 0.15) is 50.9 Å². The first-order chi connectivity index (χ1) is 15.5. The quantitative estimate of drug-likeness (QED) is 0.644. The molecule has 0 bridgehead atoms. The zero-order valence-corrected chi connectivity index (χ0v) is 17.5. The maximum absolute atomic E-state index is 13.7. The van der Waals surface area contributed by atoms with Gasteiger partial charge in [-0.05, 0) is 43.2 Å². The van der Waals surface area contributed by atoms with Gasteiger partial charge < -0.3 is 16.0 Å². The van der Waals surface area contributed by atoms with E-state index in [1.165, 1.54) is 6.07 Å². The highest BCUT2D eigenvalue weighted by Crippen LogP contribution is 2.28. The average molecular weight is 433 g/mol. The van der Waals surface area contributed by atoms with Crippen molar-refractivity contribution in [2.75, 3.05) is 18.8 Å². The van der Waals surface area contributed by atoms with Crippen molar-refractivity contribution in [1.82, 2.24) is 20.2 Å². The van der Waals surface area contributed by atoms with Crippen molar-refractivity contribution >= 4 is 17.6 Å². The summed E-state index contributed by atoms with van der Waals surface area (Å²) in [6, 6.07) is 15.0. The summed E-state index contributed by atoms with van der Waals surface area (Å²) >= 11 is 0. The standard InChI is InChI=1S/C24H24FN5O2/c25-19-6-2-1-5-17(19)15-28-23(31)18-8-9-20(29-22(18)26)16-10-13-30(14-11-16)24(32)21-7-3-4-12-27-21/h1-9,12,16H,10-11,13-15H2,(H2,26,29)(H,28,31). The molecule has 1 saturated heterocycles. The Morgan fingerprint density at radius 2 is 1.81 bits per heavy atom. The Morgan fingerprint density at radius 1 is 1.06 bits per heavy atom. The molecule has 0 unspecified atom stereocenters. The number of benzene rings is 1. The van der Waals surface area contributed by atoms with Crippen molar-refractivity contribution < 1.29 is 14.0 Å². The Hall–Kier alpha value is -3.81. The summed E-state index contributed by atoms with van der Waals surface area (Å²) in [6.07, 6.45) is 3.12. The van der Waals surface area contributed by atoms with Crippen LogP contribution in [0.4, 0.5) is 10.2 Å². The number of anilines is 1. The Kier molecular flexibility index (Phi) is 6.39. The number of carbonyl (C=O) groups excluding carboxylic acids is 2. The molecule has 32 heavy (non-hydrogen) atoms. The van der Waals surface area contributed by atoms with E-state index < -0.39 is 5.91 Å². The molecule has 3 N–H and O–H groups in total. The van der Waals surface area contributed by atoms with E-state index in [0.717, 1.165) is 18.5 Å². The molecule has 0 saturated carbocycles. The molecule has 0 aliphatic carbocycles. The number of hydrogen-bond donors (Lipinski definition) is 2. The van der Waals surface area contributed by atoms with Crippen molar-refractivity contribution in [2.45, 2.75) is 25.3 Å². The molecule has 1 aliphatic rings. The first kappa shape index (κ1) is 21.4. The normalized spacial score (nSPS) is 14.2. The van der Waals surface area contributed by atoms with Crippen LogP contribution < -0.4 is 11.1 Å². The number of nitrogens with one attached hydrogen (secondary N) is 1. The summed E-state index contributed by atoms with van der Waals surface area (Å²) in [5.41, 5.74) is 7.96. The fourth-order valence-electron chi connectivity index (χ4n) is 3.85. The fourth-order valence-corrected chi connectivity index (χ4v) is 3.85. The van der Waals surface area contributed by atoms with Gasteiger partial charge in [-0.15, -0.1) is 0 Å². The van der Waals surface area contributed by atoms with E-state index in [9.17, 15) is 14.0 Å². The van der Waals surface area contributed by atoms with Crippen molar-refractivity contribution in [3.05, 3.63) is 89.1 Å². The van der Waals surface area contributed by atoms with E-state index in [1.807, 2.05) is 0 Å². The maximum Gasteiger partial charge on any atom is 0.272 e. The molecule has 7 nitrogen and oxygen atoms in total. The number of piperidine rings is 1. The molecule has 1 aliphatic heterocycles. The molecule has 2 amide bonds. The predicted molar refractivity (Wildman–Crippen MR) is 118 cm³/mol. The number of aromatic nitrogens is 2. The smallest absolute Gasteiger partial charge is 0.272 e. The second-order valence-corrected chi connectivity index (χ2v) is 7.72. The lowest BCUT2D eigenvalue weighted by atomic mass is 9.92. The van der Waals surface area contributed by atoms with E-state index in [0.29, 0.717) is 24.3 Å². The molecule has 3 aromatic rings. The molecule has 4 rings (SSSR count). The molecule has 0 spiro atoms. The predicted octanol–water partition coefficient (Wildman–Crippen LogP) is 3.15. The number of nitrogens with two attached hydrogens (primary N) is 1. The molecular weight excluding hydrogens is 409 g/mol. The fraction of sp³-hybridized carbons (Fsp3) is 0.250. The van der Waals surface area contributed by atoms with Crippen LogP contribution in [0.5, 0.6) is 0 Å². The van der Waals surface area contributed by atoms with E-state index >= 15 is 0 Å². The van der Waals surface area contributed by atoms with Crippen LogP contribution in [0.15, 0.2) is 60.8 Å². The molecule has 0 atom stereocenters. The lowest BCUT2D eigenvalue weighted by Crippen LogP contribution is -2.38. The van der Waals surface area contributed by atoms with E-state index in [2.05, 4.69) is 15.3 Å². The van der Waals surface area contributed by atoms with Gasteiger partial charge in [-0.1, -0.05) is 24.3 Å². The van der Waals surface area contributed by atoms with Crippen molar-refractivity contribution in [2.24, 2.45) is 0 Å². The zero-order valence-electron chi connectivity index (χ0n) is 17.5. The number of likely N-dealkylation sites (tertiary alicyclic amines) is 1. The third-order valence-electron chi connectivity index (χ3n) is 5.67. The number of halogens is 1. The number of nitrogens with zero attached hydrogens (tertiary/aromatic N) is 3. The van der Waals surface area contributed by atoms with Crippen molar-refractivity contribution in [3.8, 4) is 0 Å². The minimum absolute atomic E-state index is 0.0649. The minimum Gasteiger partial charge on any atom is -0.383 e. The van der Waals surface area contributed by atoms with Crippen molar-refractivity contribution in [1.29, 1.82) is 0 Å². The van der Waals surface area contributed by atoms with Gasteiger partial charge in [-0.25, -0.2) is 9.37 Å². The average Bonchev–Trinajstić information content (AvgIpc) is 2.83. The lowest BCUT2D eigenvalue weighted by Gasteiger charge is -2.31. The van der Waals surface area contributed by atoms with Crippen LogP contribution >= 0.6 is 0 Å². The highest BCUT2D eigenvalue weighted by molar-refractivity contribution is 5.98. The summed E-state index contributed by atoms with van der Waals surface area (Å²) in [5.74, 6) is -0.553. The summed E-state index contributed by atoms with van der Waals surface area (Å²) < 4.78 is 13.7. The monoisotopic (exact) mass is 433 g/mol. The van der Waals surface area contributed by atoms with Crippen LogP contribution in [-0.2, 0) is 6.54 Å². The molecule has 0 radical (unpaired) electrons. The SMILES string of the molecule is Nc1nc(C2CCN(C(=O)c3ccccn3)CC2)ccc1C(=O)NCc1ccccc1F. The third kappa shape index (κ3) is 4.74. The summed E-state index contributed by atoms with van der Waals surface area (Å²) in [4.78, 5) is 35.4. The number of amides is 2. The number of pyridine rings is 2. The maximum atomic E-state index is 13.7. The minimum atomic E-state index is -0.402. The number of rotatable bonds is 5. The number of carbonyl (C=O) groups is 2. The number of hydrogen-bond acceptors (Lipinski definition) is 5. The third-order valence-corrected chi connectivity index (χ3v) is 5.67. The van der Waals surface area contributed by atoms with E-state index in [1.54, 1.807) is 59.6 Å². The van der Waals surface area contributed by atoms with Gasteiger partial charge in [-0.3, -0.25) is 14.6 Å². The van der Waals surface area contributed by atoms with Gasteiger partial charge in [0.15, 0.2) is 0 Å². The highest BCUT2D eigenvalue weighted by Gasteiger charge is 2.26. The van der Waals surface area contributed by atoms with Gasteiger partial charge in [0, 0.05) is 43.0 Å². The molecule has 3 heterocycles. The van der Waals surface area contributed by atoms with E-state index in [-0.39, 0.29) is 35.6 Å². The molecule has 1 fully saturated rings. The Labute approximate surface area is 185 Å². The Balaban J connectivity index is 1.36. The molecular formula is C24H24FN5O2. The van der Waals surface area contributed by atoms with Crippen LogP contribution in [0.25, 0.3) is 0 Å². The Morgan fingerprint density at radius 3 is 2.50 bits per heavy atom. The van der Waals surface area contributed by atoms with Crippen molar-refractivity contribution in [3.63, 3.8) is 0 Å². The second kappa shape index (κ2) is 9.55. The van der Waals surface area contributed by atoms with Crippen LogP contribution in [-0.4, -0.2) is 39.8 Å². The molecule has 8 heteroatoms. The van der Waals surface area contributed by atoms with Crippen LogP contribution in [0.2, 0.25) is 0 Å². The molecule has 164 valence electrons. The first-order valence-corrected chi connectivity index (χ1v) is 10.5. The van der Waals surface area contributed by atoms with Gasteiger partial charge >= 0.3 is 0 Å². The lowest BCUT2D eigenvalue weighted by molar-refractivity contribution is 0.0705.